The SMILES string of the molecule is C[C@@H](Sc1nc(C2CCCC2)nc2c1c(=O)n(C)c(=O)n2C)c1ccccc1. The first-order valence-corrected chi connectivity index (χ1v) is 10.5. The Balaban J connectivity index is 1.91. The Morgan fingerprint density at radius 1 is 1.04 bits per heavy atom. The van der Waals surface area contributed by atoms with Crippen LogP contribution in [0.4, 0.5) is 0 Å². The molecule has 0 unspecified atom stereocenters. The summed E-state index contributed by atoms with van der Waals surface area (Å²) in [5.41, 5.74) is 0.913. The quantitative estimate of drug-likeness (QED) is 0.498. The number of nitrogens with zero attached hydrogens (tertiary/aromatic N) is 4. The minimum absolute atomic E-state index is 0.123. The highest BCUT2D eigenvalue weighted by Gasteiger charge is 2.25. The van der Waals surface area contributed by atoms with Crippen molar-refractivity contribution in [1.29, 1.82) is 0 Å². The molecule has 3 aromatic rings. The first kappa shape index (κ1) is 18.9. The normalized spacial score (nSPS) is 16.0. The average Bonchev–Trinajstić information content (AvgIpc) is 3.25. The molecule has 0 radical (unpaired) electrons. The van der Waals surface area contributed by atoms with Crippen molar-refractivity contribution in [2.45, 2.75) is 48.8 Å². The van der Waals surface area contributed by atoms with Crippen LogP contribution in [-0.4, -0.2) is 19.1 Å². The Morgan fingerprint density at radius 3 is 2.39 bits per heavy atom. The summed E-state index contributed by atoms with van der Waals surface area (Å²) in [7, 11) is 3.18. The van der Waals surface area contributed by atoms with Gasteiger partial charge in [-0.15, -0.1) is 0 Å². The first-order chi connectivity index (χ1) is 13.5. The Labute approximate surface area is 167 Å². The van der Waals surface area contributed by atoms with Gasteiger partial charge in [-0.05, 0) is 25.3 Å². The Bertz CT molecular complexity index is 1130. The summed E-state index contributed by atoms with van der Waals surface area (Å²) in [5.74, 6) is 1.06. The van der Waals surface area contributed by atoms with Crippen LogP contribution in [0.15, 0.2) is 44.9 Å². The Kier molecular flexibility index (Phi) is 5.10. The van der Waals surface area contributed by atoms with E-state index in [9.17, 15) is 9.59 Å². The molecule has 0 N–H and O–H groups in total. The van der Waals surface area contributed by atoms with Crippen molar-refractivity contribution < 1.29 is 0 Å². The average molecular weight is 397 g/mol. The van der Waals surface area contributed by atoms with Crippen LogP contribution in [0.3, 0.4) is 0 Å². The summed E-state index contributed by atoms with van der Waals surface area (Å²) in [6.45, 7) is 2.11. The van der Waals surface area contributed by atoms with Crippen molar-refractivity contribution >= 4 is 22.8 Å². The maximum atomic E-state index is 12.9. The van der Waals surface area contributed by atoms with Crippen molar-refractivity contribution in [1.82, 2.24) is 19.1 Å². The maximum Gasteiger partial charge on any atom is 0.332 e. The lowest BCUT2D eigenvalue weighted by atomic mass is 10.1. The molecular weight excluding hydrogens is 372 g/mol. The molecular formula is C21H24N4O2S. The minimum atomic E-state index is -0.361. The van der Waals surface area contributed by atoms with E-state index in [0.29, 0.717) is 22.0 Å². The molecule has 1 aromatic carbocycles. The van der Waals surface area contributed by atoms with E-state index < -0.39 is 0 Å². The lowest BCUT2D eigenvalue weighted by Crippen LogP contribution is -2.38. The summed E-state index contributed by atoms with van der Waals surface area (Å²) >= 11 is 1.56. The number of fused-ring (bicyclic) bond motifs is 1. The number of hydrogen-bond acceptors (Lipinski definition) is 5. The fourth-order valence-corrected chi connectivity index (χ4v) is 4.93. The van der Waals surface area contributed by atoms with E-state index >= 15 is 0 Å². The number of rotatable bonds is 4. The fourth-order valence-electron chi connectivity index (χ4n) is 3.86. The molecule has 0 amide bonds. The second-order valence-electron chi connectivity index (χ2n) is 7.44. The van der Waals surface area contributed by atoms with Crippen LogP contribution in [0.1, 0.15) is 55.2 Å². The van der Waals surface area contributed by atoms with Gasteiger partial charge in [0.2, 0.25) is 0 Å². The molecule has 1 saturated carbocycles. The molecule has 2 heterocycles. The second-order valence-corrected chi connectivity index (χ2v) is 8.77. The van der Waals surface area contributed by atoms with Crippen molar-refractivity contribution in [3.63, 3.8) is 0 Å². The predicted octanol–water partition coefficient (Wildman–Crippen LogP) is 3.54. The van der Waals surface area contributed by atoms with Crippen LogP contribution < -0.4 is 11.2 Å². The zero-order chi connectivity index (χ0) is 19.8. The van der Waals surface area contributed by atoms with Gasteiger partial charge in [0.25, 0.3) is 5.56 Å². The molecule has 2 aromatic heterocycles. The summed E-state index contributed by atoms with van der Waals surface area (Å²) in [4.78, 5) is 34.9. The van der Waals surface area contributed by atoms with Gasteiger partial charge in [0.05, 0.1) is 0 Å². The molecule has 146 valence electrons. The van der Waals surface area contributed by atoms with Crippen molar-refractivity contribution in [2.75, 3.05) is 0 Å². The monoisotopic (exact) mass is 396 g/mol. The highest BCUT2D eigenvalue weighted by molar-refractivity contribution is 7.99. The molecule has 0 aliphatic heterocycles. The zero-order valence-electron chi connectivity index (χ0n) is 16.4. The van der Waals surface area contributed by atoms with Gasteiger partial charge in [-0.2, -0.15) is 0 Å². The third-order valence-corrected chi connectivity index (χ3v) is 6.71. The topological polar surface area (TPSA) is 69.8 Å². The van der Waals surface area contributed by atoms with Crippen LogP contribution in [0.2, 0.25) is 0 Å². The van der Waals surface area contributed by atoms with Gasteiger partial charge in [-0.3, -0.25) is 13.9 Å². The molecule has 7 heteroatoms. The summed E-state index contributed by atoms with van der Waals surface area (Å²) in [6, 6.07) is 10.2. The molecule has 28 heavy (non-hydrogen) atoms. The van der Waals surface area contributed by atoms with Gasteiger partial charge in [0.1, 0.15) is 16.2 Å². The van der Waals surface area contributed by atoms with Crippen LogP contribution in [0.5, 0.6) is 0 Å². The molecule has 1 aliphatic rings. The Morgan fingerprint density at radius 2 is 1.71 bits per heavy atom. The third kappa shape index (κ3) is 3.28. The molecule has 0 bridgehead atoms. The molecule has 1 fully saturated rings. The second kappa shape index (κ2) is 7.54. The third-order valence-electron chi connectivity index (χ3n) is 5.56. The largest absolute Gasteiger partial charge is 0.332 e. The van der Waals surface area contributed by atoms with Gasteiger partial charge in [-0.1, -0.05) is 54.9 Å². The number of thioether (sulfide) groups is 1. The van der Waals surface area contributed by atoms with Gasteiger partial charge < -0.3 is 0 Å². The van der Waals surface area contributed by atoms with E-state index in [2.05, 4.69) is 24.0 Å². The number of hydrogen-bond donors (Lipinski definition) is 0. The maximum absolute atomic E-state index is 12.9. The van der Waals surface area contributed by atoms with E-state index in [1.807, 2.05) is 18.2 Å². The molecule has 0 saturated heterocycles. The summed E-state index contributed by atoms with van der Waals surface area (Å²) < 4.78 is 2.60. The zero-order valence-corrected chi connectivity index (χ0v) is 17.2. The number of benzene rings is 1. The minimum Gasteiger partial charge on any atom is -0.280 e. The number of aromatic nitrogens is 4. The van der Waals surface area contributed by atoms with Gasteiger partial charge >= 0.3 is 5.69 Å². The number of aryl methyl sites for hydroxylation is 1. The van der Waals surface area contributed by atoms with Crippen molar-refractivity contribution in [3.8, 4) is 0 Å². The highest BCUT2D eigenvalue weighted by atomic mass is 32.2. The molecule has 4 rings (SSSR count). The van der Waals surface area contributed by atoms with Gasteiger partial charge in [0, 0.05) is 25.3 Å². The van der Waals surface area contributed by atoms with Gasteiger partial charge in [0.15, 0.2) is 5.65 Å². The van der Waals surface area contributed by atoms with Crippen LogP contribution in [0.25, 0.3) is 11.0 Å². The lowest BCUT2D eigenvalue weighted by molar-refractivity contribution is 0.648. The predicted molar refractivity (Wildman–Crippen MR) is 112 cm³/mol. The van der Waals surface area contributed by atoms with Crippen LogP contribution >= 0.6 is 11.8 Å². The lowest BCUT2D eigenvalue weighted by Gasteiger charge is -2.17. The highest BCUT2D eigenvalue weighted by Crippen LogP contribution is 2.38. The summed E-state index contributed by atoms with van der Waals surface area (Å²) in [5, 5.41) is 1.22. The molecule has 1 aliphatic carbocycles. The first-order valence-electron chi connectivity index (χ1n) is 9.66. The molecule has 6 nitrogen and oxygen atoms in total. The van der Waals surface area contributed by atoms with Gasteiger partial charge in [-0.25, -0.2) is 14.8 Å². The summed E-state index contributed by atoms with van der Waals surface area (Å²) in [6.07, 6.45) is 4.46. The molecule has 0 spiro atoms. The molecule has 1 atom stereocenters. The fraction of sp³-hybridized carbons (Fsp3) is 0.429. The Hall–Kier alpha value is -2.41. The standard InChI is InChI=1S/C21H24N4O2S/c1-13(14-9-5-4-6-10-14)28-19-16-18(24(2)21(27)25(3)20(16)26)22-17(23-19)15-11-7-8-12-15/h4-6,9-10,13,15H,7-8,11-12H2,1-3H3/t13-/m1/s1. The van der Waals surface area contributed by atoms with E-state index in [4.69, 9.17) is 4.98 Å². The van der Waals surface area contributed by atoms with Crippen molar-refractivity contribution in [3.05, 3.63) is 62.6 Å². The van der Waals surface area contributed by atoms with Crippen LogP contribution in [-0.2, 0) is 14.1 Å². The van der Waals surface area contributed by atoms with E-state index in [-0.39, 0.29) is 16.5 Å². The van der Waals surface area contributed by atoms with E-state index in [1.54, 1.807) is 18.8 Å². The van der Waals surface area contributed by atoms with Crippen molar-refractivity contribution in [2.24, 2.45) is 14.1 Å². The van der Waals surface area contributed by atoms with E-state index in [0.717, 1.165) is 23.2 Å². The smallest absolute Gasteiger partial charge is 0.280 e. The van der Waals surface area contributed by atoms with Crippen LogP contribution in [0, 0.1) is 0 Å². The van der Waals surface area contributed by atoms with E-state index in [1.165, 1.54) is 30.0 Å².